The number of benzene rings is 1. The van der Waals surface area contributed by atoms with Crippen LogP contribution in [0.3, 0.4) is 0 Å². The predicted octanol–water partition coefficient (Wildman–Crippen LogP) is 2.82. The van der Waals surface area contributed by atoms with E-state index in [-0.39, 0.29) is 0 Å². The van der Waals surface area contributed by atoms with E-state index in [2.05, 4.69) is 22.4 Å². The fourth-order valence-electron chi connectivity index (χ4n) is 2.64. The number of rotatable bonds is 2. The Balaban J connectivity index is 1.88. The van der Waals surface area contributed by atoms with Crippen LogP contribution in [0.5, 0.6) is 0 Å². The number of nitrogens with zero attached hydrogens (tertiary/aromatic N) is 1. The van der Waals surface area contributed by atoms with E-state index >= 15 is 0 Å². The Hall–Kier alpha value is -1.35. The summed E-state index contributed by atoms with van der Waals surface area (Å²) in [6.07, 6.45) is 4.98. The van der Waals surface area contributed by atoms with Crippen molar-refractivity contribution >= 4 is 11.1 Å². The minimum atomic E-state index is 0.603. The van der Waals surface area contributed by atoms with Crippen molar-refractivity contribution in [2.45, 2.75) is 38.6 Å². The van der Waals surface area contributed by atoms with Crippen LogP contribution in [-0.4, -0.2) is 17.6 Å². The Morgan fingerprint density at radius 1 is 1.41 bits per heavy atom. The van der Waals surface area contributed by atoms with Gasteiger partial charge in [0.1, 0.15) is 5.52 Å². The van der Waals surface area contributed by atoms with E-state index in [1.807, 2.05) is 13.0 Å². The number of aryl methyl sites for hydroxylation is 1. The Kier molecular flexibility index (Phi) is 2.85. The summed E-state index contributed by atoms with van der Waals surface area (Å²) in [6.45, 7) is 3.06. The summed E-state index contributed by atoms with van der Waals surface area (Å²) in [5.74, 6) is 0.754. The third kappa shape index (κ3) is 2.20. The molecule has 1 aliphatic rings. The van der Waals surface area contributed by atoms with Gasteiger partial charge in [0.15, 0.2) is 11.5 Å². The number of piperidine rings is 1. The molecular weight excluding hydrogens is 212 g/mol. The Bertz CT molecular complexity index is 512. The monoisotopic (exact) mass is 230 g/mol. The van der Waals surface area contributed by atoms with Crippen molar-refractivity contribution in [2.75, 3.05) is 6.54 Å². The molecule has 0 radical (unpaired) electrons. The zero-order valence-electron chi connectivity index (χ0n) is 10.2. The van der Waals surface area contributed by atoms with Crippen LogP contribution in [0.15, 0.2) is 22.6 Å². The summed E-state index contributed by atoms with van der Waals surface area (Å²) < 4.78 is 5.57. The van der Waals surface area contributed by atoms with Crippen LogP contribution in [0.2, 0.25) is 0 Å². The van der Waals surface area contributed by atoms with Crippen molar-refractivity contribution in [3.63, 3.8) is 0 Å². The van der Waals surface area contributed by atoms with Crippen LogP contribution < -0.4 is 5.32 Å². The van der Waals surface area contributed by atoms with Crippen LogP contribution in [0.4, 0.5) is 0 Å². The standard InChI is InChI=1S/C14H18N2O/c1-10-16-14-11(5-4-7-13(14)17-10)9-12-6-2-3-8-15-12/h4-5,7,12,15H,2-3,6,8-9H2,1H3. The van der Waals surface area contributed by atoms with Crippen molar-refractivity contribution in [2.24, 2.45) is 0 Å². The van der Waals surface area contributed by atoms with Gasteiger partial charge in [-0.1, -0.05) is 18.6 Å². The van der Waals surface area contributed by atoms with E-state index in [4.69, 9.17) is 4.42 Å². The molecule has 17 heavy (non-hydrogen) atoms. The minimum Gasteiger partial charge on any atom is -0.441 e. The second kappa shape index (κ2) is 4.49. The van der Waals surface area contributed by atoms with Gasteiger partial charge in [0.2, 0.25) is 0 Å². The molecule has 0 spiro atoms. The molecule has 1 aromatic heterocycles. The topological polar surface area (TPSA) is 38.1 Å². The van der Waals surface area contributed by atoms with E-state index in [9.17, 15) is 0 Å². The molecule has 3 nitrogen and oxygen atoms in total. The average molecular weight is 230 g/mol. The summed E-state index contributed by atoms with van der Waals surface area (Å²) in [6, 6.07) is 6.82. The van der Waals surface area contributed by atoms with Gasteiger partial charge < -0.3 is 9.73 Å². The maximum atomic E-state index is 5.57. The molecular formula is C14H18N2O. The number of aromatic nitrogens is 1. The van der Waals surface area contributed by atoms with E-state index in [1.165, 1.54) is 24.8 Å². The maximum Gasteiger partial charge on any atom is 0.192 e. The first-order valence-corrected chi connectivity index (χ1v) is 6.41. The second-order valence-electron chi connectivity index (χ2n) is 4.85. The molecule has 1 saturated heterocycles. The normalized spacial score (nSPS) is 20.9. The largest absolute Gasteiger partial charge is 0.441 e. The quantitative estimate of drug-likeness (QED) is 0.862. The number of oxazole rings is 1. The number of fused-ring (bicyclic) bond motifs is 1. The van der Waals surface area contributed by atoms with Gasteiger partial charge in [-0.15, -0.1) is 0 Å². The van der Waals surface area contributed by atoms with Gasteiger partial charge in [0.25, 0.3) is 0 Å². The summed E-state index contributed by atoms with van der Waals surface area (Å²) in [4.78, 5) is 4.48. The summed E-state index contributed by atoms with van der Waals surface area (Å²) >= 11 is 0. The molecule has 1 atom stereocenters. The van der Waals surface area contributed by atoms with E-state index in [1.54, 1.807) is 0 Å². The SMILES string of the molecule is Cc1nc2c(CC3CCCCN3)cccc2o1. The third-order valence-corrected chi connectivity index (χ3v) is 3.49. The van der Waals surface area contributed by atoms with Crippen molar-refractivity contribution in [3.05, 3.63) is 29.7 Å². The lowest BCUT2D eigenvalue weighted by atomic mass is 9.97. The summed E-state index contributed by atoms with van der Waals surface area (Å²) in [7, 11) is 0. The second-order valence-corrected chi connectivity index (χ2v) is 4.85. The lowest BCUT2D eigenvalue weighted by Gasteiger charge is -2.23. The number of hydrogen-bond donors (Lipinski definition) is 1. The predicted molar refractivity (Wildman–Crippen MR) is 68.1 cm³/mol. The van der Waals surface area contributed by atoms with Crippen LogP contribution in [0, 0.1) is 6.92 Å². The molecule has 2 aromatic rings. The summed E-state index contributed by atoms with van der Waals surface area (Å²) in [5, 5.41) is 3.58. The molecule has 0 bridgehead atoms. The molecule has 2 heterocycles. The fourth-order valence-corrected chi connectivity index (χ4v) is 2.64. The lowest BCUT2D eigenvalue weighted by molar-refractivity contribution is 0.400. The van der Waals surface area contributed by atoms with Crippen molar-refractivity contribution < 1.29 is 4.42 Å². The van der Waals surface area contributed by atoms with Crippen LogP contribution in [-0.2, 0) is 6.42 Å². The average Bonchev–Trinajstić information content (AvgIpc) is 2.72. The molecule has 1 unspecified atom stereocenters. The van der Waals surface area contributed by atoms with E-state index in [0.29, 0.717) is 6.04 Å². The third-order valence-electron chi connectivity index (χ3n) is 3.49. The van der Waals surface area contributed by atoms with E-state index in [0.717, 1.165) is 30.0 Å². The first-order valence-electron chi connectivity index (χ1n) is 6.41. The van der Waals surface area contributed by atoms with Crippen LogP contribution >= 0.6 is 0 Å². The van der Waals surface area contributed by atoms with Gasteiger partial charge in [-0.2, -0.15) is 0 Å². The zero-order valence-corrected chi connectivity index (χ0v) is 10.2. The maximum absolute atomic E-state index is 5.57. The lowest BCUT2D eigenvalue weighted by Crippen LogP contribution is -2.35. The molecule has 90 valence electrons. The fraction of sp³-hybridized carbons (Fsp3) is 0.500. The van der Waals surface area contributed by atoms with Gasteiger partial charge in [-0.05, 0) is 37.4 Å². The highest BCUT2D eigenvalue weighted by Gasteiger charge is 2.15. The highest BCUT2D eigenvalue weighted by Crippen LogP contribution is 2.22. The molecule has 3 heteroatoms. The zero-order chi connectivity index (χ0) is 11.7. The van der Waals surface area contributed by atoms with Gasteiger partial charge in [-0.25, -0.2) is 4.98 Å². The first kappa shape index (κ1) is 10.8. The van der Waals surface area contributed by atoms with Gasteiger partial charge in [-0.3, -0.25) is 0 Å². The Morgan fingerprint density at radius 3 is 3.18 bits per heavy atom. The molecule has 0 amide bonds. The molecule has 1 aromatic carbocycles. The molecule has 1 N–H and O–H groups in total. The molecule has 3 rings (SSSR count). The first-order chi connectivity index (χ1) is 8.33. The number of nitrogens with one attached hydrogen (secondary N) is 1. The van der Waals surface area contributed by atoms with Crippen molar-refractivity contribution in [1.29, 1.82) is 0 Å². The Labute approximate surface area is 101 Å². The highest BCUT2D eigenvalue weighted by molar-refractivity contribution is 5.76. The molecule has 1 aliphatic heterocycles. The molecule has 0 saturated carbocycles. The van der Waals surface area contributed by atoms with E-state index < -0.39 is 0 Å². The van der Waals surface area contributed by atoms with Crippen molar-refractivity contribution in [3.8, 4) is 0 Å². The van der Waals surface area contributed by atoms with Gasteiger partial charge >= 0.3 is 0 Å². The smallest absolute Gasteiger partial charge is 0.192 e. The Morgan fingerprint density at radius 2 is 2.35 bits per heavy atom. The van der Waals surface area contributed by atoms with Crippen molar-refractivity contribution in [1.82, 2.24) is 10.3 Å². The number of hydrogen-bond acceptors (Lipinski definition) is 3. The number of para-hydroxylation sites is 1. The van der Waals surface area contributed by atoms with Crippen LogP contribution in [0.25, 0.3) is 11.1 Å². The summed E-state index contributed by atoms with van der Waals surface area (Å²) in [5.41, 5.74) is 3.26. The highest BCUT2D eigenvalue weighted by atomic mass is 16.3. The van der Waals surface area contributed by atoms with Crippen LogP contribution in [0.1, 0.15) is 30.7 Å². The molecule has 1 fully saturated rings. The minimum absolute atomic E-state index is 0.603. The molecule has 0 aliphatic carbocycles. The van der Waals surface area contributed by atoms with Gasteiger partial charge in [0.05, 0.1) is 0 Å². The van der Waals surface area contributed by atoms with Gasteiger partial charge in [0, 0.05) is 13.0 Å².